The Kier molecular flexibility index (Phi) is 3.72. The zero-order valence-electron chi connectivity index (χ0n) is 9.23. The van der Waals surface area contributed by atoms with Crippen LogP contribution in [0, 0.1) is 6.92 Å². The minimum Gasteiger partial charge on any atom is -0.489 e. The van der Waals surface area contributed by atoms with Gasteiger partial charge in [-0.1, -0.05) is 12.6 Å². The summed E-state index contributed by atoms with van der Waals surface area (Å²) < 4.78 is 36.3. The number of hydrogen-bond donors (Lipinski definition) is 1. The molecule has 0 aliphatic rings. The standard InChI is InChI=1S/C11H14O4S/c1-8(2)7-15-10-5-4-9(3)11(6-10)16(12,13)14/h4-6H,1,7H2,2-3H3,(H,12,13,14). The van der Waals surface area contributed by atoms with E-state index in [0.29, 0.717) is 17.9 Å². The third-order valence-corrected chi connectivity index (χ3v) is 2.92. The molecule has 0 aromatic heterocycles. The molecule has 1 aromatic carbocycles. The lowest BCUT2D eigenvalue weighted by molar-refractivity contribution is 0.351. The third-order valence-electron chi connectivity index (χ3n) is 1.92. The molecular formula is C11H14O4S. The average molecular weight is 242 g/mol. The minimum atomic E-state index is -4.20. The summed E-state index contributed by atoms with van der Waals surface area (Å²) >= 11 is 0. The highest BCUT2D eigenvalue weighted by atomic mass is 32.2. The molecule has 0 unspecified atom stereocenters. The molecule has 1 N–H and O–H groups in total. The summed E-state index contributed by atoms with van der Waals surface area (Å²) in [5.74, 6) is 0.390. The van der Waals surface area contributed by atoms with Crippen LogP contribution in [-0.4, -0.2) is 19.6 Å². The summed E-state index contributed by atoms with van der Waals surface area (Å²) in [4.78, 5) is -0.133. The lowest BCUT2D eigenvalue weighted by Gasteiger charge is -2.08. The predicted octanol–water partition coefficient (Wildman–Crippen LogP) is 2.20. The summed E-state index contributed by atoms with van der Waals surface area (Å²) in [7, 11) is -4.20. The first kappa shape index (κ1) is 12.7. The summed E-state index contributed by atoms with van der Waals surface area (Å²) in [6.45, 7) is 7.39. The molecule has 0 amide bonds. The SMILES string of the molecule is C=C(C)COc1ccc(C)c(S(=O)(=O)O)c1. The lowest BCUT2D eigenvalue weighted by Crippen LogP contribution is -2.03. The van der Waals surface area contributed by atoms with Gasteiger partial charge >= 0.3 is 0 Å². The van der Waals surface area contributed by atoms with Gasteiger partial charge in [-0.3, -0.25) is 4.55 Å². The normalized spacial score (nSPS) is 11.2. The van der Waals surface area contributed by atoms with Crippen molar-refractivity contribution in [1.29, 1.82) is 0 Å². The van der Waals surface area contributed by atoms with E-state index in [-0.39, 0.29) is 4.90 Å². The monoisotopic (exact) mass is 242 g/mol. The predicted molar refractivity (Wildman–Crippen MR) is 61.3 cm³/mol. The second-order valence-electron chi connectivity index (χ2n) is 3.65. The van der Waals surface area contributed by atoms with Crippen LogP contribution >= 0.6 is 0 Å². The topological polar surface area (TPSA) is 63.6 Å². The molecule has 0 saturated heterocycles. The molecule has 88 valence electrons. The fourth-order valence-corrected chi connectivity index (χ4v) is 1.89. The van der Waals surface area contributed by atoms with Crippen molar-refractivity contribution in [1.82, 2.24) is 0 Å². The van der Waals surface area contributed by atoms with E-state index in [0.717, 1.165) is 5.57 Å². The van der Waals surface area contributed by atoms with Crippen molar-refractivity contribution in [2.75, 3.05) is 6.61 Å². The second kappa shape index (κ2) is 4.67. The van der Waals surface area contributed by atoms with Crippen molar-refractivity contribution in [3.63, 3.8) is 0 Å². The number of ether oxygens (including phenoxy) is 1. The summed E-state index contributed by atoms with van der Waals surface area (Å²) in [5.41, 5.74) is 1.30. The van der Waals surface area contributed by atoms with Crippen molar-refractivity contribution in [3.8, 4) is 5.75 Å². The van der Waals surface area contributed by atoms with Gasteiger partial charge in [-0.2, -0.15) is 8.42 Å². The van der Waals surface area contributed by atoms with Crippen LogP contribution in [0.4, 0.5) is 0 Å². The van der Waals surface area contributed by atoms with Crippen molar-refractivity contribution in [2.24, 2.45) is 0 Å². The van der Waals surface area contributed by atoms with Crippen LogP contribution in [0.2, 0.25) is 0 Å². The largest absolute Gasteiger partial charge is 0.489 e. The van der Waals surface area contributed by atoms with Crippen LogP contribution in [0.3, 0.4) is 0 Å². The number of rotatable bonds is 4. The molecule has 0 fully saturated rings. The zero-order chi connectivity index (χ0) is 12.3. The highest BCUT2D eigenvalue weighted by molar-refractivity contribution is 7.85. The number of aryl methyl sites for hydroxylation is 1. The van der Waals surface area contributed by atoms with Gasteiger partial charge in [0.15, 0.2) is 0 Å². The van der Waals surface area contributed by atoms with E-state index in [1.165, 1.54) is 6.07 Å². The fourth-order valence-electron chi connectivity index (χ4n) is 1.15. The van der Waals surface area contributed by atoms with Gasteiger partial charge in [0.2, 0.25) is 0 Å². The smallest absolute Gasteiger partial charge is 0.294 e. The van der Waals surface area contributed by atoms with Crippen molar-refractivity contribution >= 4 is 10.1 Å². The van der Waals surface area contributed by atoms with E-state index in [1.54, 1.807) is 26.0 Å². The van der Waals surface area contributed by atoms with Gasteiger partial charge in [-0.05, 0) is 31.1 Å². The Morgan fingerprint density at radius 3 is 2.62 bits per heavy atom. The van der Waals surface area contributed by atoms with E-state index in [1.807, 2.05) is 0 Å². The maximum atomic E-state index is 11.0. The van der Waals surface area contributed by atoms with Gasteiger partial charge in [-0.15, -0.1) is 0 Å². The third kappa shape index (κ3) is 3.36. The van der Waals surface area contributed by atoms with Gasteiger partial charge < -0.3 is 4.74 Å². The average Bonchev–Trinajstić information content (AvgIpc) is 2.14. The molecule has 4 nitrogen and oxygen atoms in total. The second-order valence-corrected chi connectivity index (χ2v) is 5.04. The Morgan fingerprint density at radius 2 is 2.12 bits per heavy atom. The first-order chi connectivity index (χ1) is 7.30. The molecule has 0 atom stereocenters. The van der Waals surface area contributed by atoms with Crippen LogP contribution in [0.1, 0.15) is 12.5 Å². The Balaban J connectivity index is 3.04. The van der Waals surface area contributed by atoms with Crippen molar-refractivity contribution in [2.45, 2.75) is 18.7 Å². The van der Waals surface area contributed by atoms with Crippen LogP contribution < -0.4 is 4.74 Å². The first-order valence-corrected chi connectivity index (χ1v) is 6.10. The summed E-state index contributed by atoms with van der Waals surface area (Å²) in [5, 5.41) is 0. The maximum Gasteiger partial charge on any atom is 0.294 e. The minimum absolute atomic E-state index is 0.133. The Morgan fingerprint density at radius 1 is 1.50 bits per heavy atom. The maximum absolute atomic E-state index is 11.0. The molecule has 0 heterocycles. The molecule has 0 aliphatic heterocycles. The molecule has 1 aromatic rings. The molecular weight excluding hydrogens is 228 g/mol. The van der Waals surface area contributed by atoms with Gasteiger partial charge in [0.1, 0.15) is 17.3 Å². The van der Waals surface area contributed by atoms with Crippen LogP contribution in [0.5, 0.6) is 5.75 Å². The van der Waals surface area contributed by atoms with Crippen LogP contribution in [0.15, 0.2) is 35.2 Å². The van der Waals surface area contributed by atoms with Crippen LogP contribution in [-0.2, 0) is 10.1 Å². The highest BCUT2D eigenvalue weighted by Crippen LogP contribution is 2.21. The molecule has 0 saturated carbocycles. The highest BCUT2D eigenvalue weighted by Gasteiger charge is 2.13. The fraction of sp³-hybridized carbons (Fsp3) is 0.273. The molecule has 0 aliphatic carbocycles. The molecule has 1 rings (SSSR count). The van der Waals surface area contributed by atoms with Crippen molar-refractivity contribution in [3.05, 3.63) is 35.9 Å². The molecule has 0 radical (unpaired) electrons. The van der Waals surface area contributed by atoms with Gasteiger partial charge in [0.05, 0.1) is 0 Å². The van der Waals surface area contributed by atoms with E-state index >= 15 is 0 Å². The van der Waals surface area contributed by atoms with Crippen molar-refractivity contribution < 1.29 is 17.7 Å². The van der Waals surface area contributed by atoms with E-state index in [9.17, 15) is 8.42 Å². The first-order valence-electron chi connectivity index (χ1n) is 4.66. The Bertz CT molecular complexity index is 503. The molecule has 5 heteroatoms. The van der Waals surface area contributed by atoms with E-state index in [4.69, 9.17) is 9.29 Å². The quantitative estimate of drug-likeness (QED) is 0.649. The van der Waals surface area contributed by atoms with E-state index in [2.05, 4.69) is 6.58 Å². The zero-order valence-corrected chi connectivity index (χ0v) is 10.0. The van der Waals surface area contributed by atoms with Gasteiger partial charge in [-0.25, -0.2) is 0 Å². The van der Waals surface area contributed by atoms with Gasteiger partial charge in [0.25, 0.3) is 10.1 Å². The van der Waals surface area contributed by atoms with E-state index < -0.39 is 10.1 Å². The summed E-state index contributed by atoms with van der Waals surface area (Å²) in [6, 6.07) is 4.53. The molecule has 0 bridgehead atoms. The Hall–Kier alpha value is -1.33. The Labute approximate surface area is 95.3 Å². The molecule has 0 spiro atoms. The van der Waals surface area contributed by atoms with Gasteiger partial charge in [0, 0.05) is 6.07 Å². The lowest BCUT2D eigenvalue weighted by atomic mass is 10.2. The molecule has 16 heavy (non-hydrogen) atoms. The summed E-state index contributed by atoms with van der Waals surface area (Å²) in [6.07, 6.45) is 0. The van der Waals surface area contributed by atoms with Crippen LogP contribution in [0.25, 0.3) is 0 Å². The number of benzene rings is 1. The number of hydrogen-bond acceptors (Lipinski definition) is 3.